The first-order chi connectivity index (χ1) is 10.0. The van der Waals surface area contributed by atoms with Crippen LogP contribution in [-0.4, -0.2) is 33.8 Å². The average Bonchev–Trinajstić information content (AvgIpc) is 2.48. The van der Waals surface area contributed by atoms with E-state index >= 15 is 0 Å². The molecule has 0 radical (unpaired) electrons. The maximum atomic E-state index is 12.4. The van der Waals surface area contributed by atoms with Crippen molar-refractivity contribution in [3.8, 4) is 0 Å². The molecule has 0 N–H and O–H groups in total. The Bertz CT molecular complexity index is 542. The van der Waals surface area contributed by atoms with E-state index in [9.17, 15) is 14.9 Å². The number of piperidine rings is 1. The van der Waals surface area contributed by atoms with Crippen molar-refractivity contribution in [1.29, 1.82) is 0 Å². The Labute approximate surface area is 128 Å². The van der Waals surface area contributed by atoms with E-state index in [1.807, 2.05) is 0 Å². The molecule has 1 saturated heterocycles. The zero-order valence-electron chi connectivity index (χ0n) is 11.9. The van der Waals surface area contributed by atoms with Crippen molar-refractivity contribution in [2.75, 3.05) is 13.1 Å². The van der Waals surface area contributed by atoms with Crippen molar-refractivity contribution in [1.82, 2.24) is 9.88 Å². The van der Waals surface area contributed by atoms with Gasteiger partial charge in [-0.1, -0.05) is 31.4 Å². The van der Waals surface area contributed by atoms with Gasteiger partial charge >= 0.3 is 0 Å². The van der Waals surface area contributed by atoms with Crippen molar-refractivity contribution in [2.45, 2.75) is 32.6 Å². The number of carbonyl (C=O) groups is 1. The molecule has 0 aliphatic carbocycles. The van der Waals surface area contributed by atoms with Gasteiger partial charge in [0.1, 0.15) is 11.3 Å². The highest BCUT2D eigenvalue weighted by atomic mass is 35.5. The maximum absolute atomic E-state index is 12.4. The average molecular weight is 312 g/mol. The number of aromatic nitrogens is 1. The van der Waals surface area contributed by atoms with Gasteiger partial charge in [-0.2, -0.15) is 0 Å². The number of likely N-dealkylation sites (tertiary alicyclic amines) is 1. The molecule has 0 bridgehead atoms. The first-order valence-corrected chi connectivity index (χ1v) is 7.50. The quantitative estimate of drug-likeness (QED) is 0.485. The van der Waals surface area contributed by atoms with E-state index < -0.39 is 4.92 Å². The molecule has 2 heterocycles. The number of halogens is 1. The molecule has 21 heavy (non-hydrogen) atoms. The summed E-state index contributed by atoms with van der Waals surface area (Å²) in [5, 5.41) is 10.8. The van der Waals surface area contributed by atoms with Crippen molar-refractivity contribution in [3.63, 3.8) is 0 Å². The predicted octanol–water partition coefficient (Wildman–Crippen LogP) is 3.30. The number of nitrogens with zero attached hydrogens (tertiary/aromatic N) is 3. The number of carbonyl (C=O) groups excluding carboxylic acids is 1. The lowest BCUT2D eigenvalue weighted by atomic mass is 9.92. The van der Waals surface area contributed by atoms with Crippen LogP contribution in [0, 0.1) is 16.0 Å². The largest absolute Gasteiger partial charge is 0.339 e. The normalized spacial score (nSPS) is 16.0. The van der Waals surface area contributed by atoms with E-state index in [1.54, 1.807) is 4.90 Å². The lowest BCUT2D eigenvalue weighted by Crippen LogP contribution is -2.38. The van der Waals surface area contributed by atoms with Gasteiger partial charge in [0.25, 0.3) is 11.6 Å². The number of hydrogen-bond donors (Lipinski definition) is 0. The van der Waals surface area contributed by atoms with E-state index in [0.29, 0.717) is 19.0 Å². The van der Waals surface area contributed by atoms with Gasteiger partial charge in [-0.15, -0.1) is 0 Å². The van der Waals surface area contributed by atoms with Gasteiger partial charge in [0.2, 0.25) is 0 Å². The van der Waals surface area contributed by atoms with E-state index in [4.69, 9.17) is 11.6 Å². The summed E-state index contributed by atoms with van der Waals surface area (Å²) in [6.45, 7) is 3.50. The van der Waals surface area contributed by atoms with Gasteiger partial charge in [-0.25, -0.2) is 4.98 Å². The number of nitro groups is 1. The fraction of sp³-hybridized carbons (Fsp3) is 0.571. The molecule has 0 unspecified atom stereocenters. The van der Waals surface area contributed by atoms with Crippen LogP contribution in [0.15, 0.2) is 12.3 Å². The van der Waals surface area contributed by atoms with E-state index in [1.165, 1.54) is 12.5 Å². The van der Waals surface area contributed by atoms with Gasteiger partial charge in [0.05, 0.1) is 10.5 Å². The van der Waals surface area contributed by atoms with E-state index in [0.717, 1.165) is 25.5 Å². The third kappa shape index (κ3) is 3.69. The molecule has 0 aromatic carbocycles. The fourth-order valence-corrected chi connectivity index (χ4v) is 2.87. The maximum Gasteiger partial charge on any atom is 0.288 e. The van der Waals surface area contributed by atoms with Crippen LogP contribution in [0.5, 0.6) is 0 Å². The molecule has 2 rings (SSSR count). The van der Waals surface area contributed by atoms with Gasteiger partial charge in [0, 0.05) is 19.2 Å². The first kappa shape index (κ1) is 15.7. The molecule has 6 nitrogen and oxygen atoms in total. The Kier molecular flexibility index (Phi) is 5.12. The molecular weight excluding hydrogens is 294 g/mol. The number of amides is 1. The summed E-state index contributed by atoms with van der Waals surface area (Å²) in [6, 6.07) is 1.20. The molecule has 0 atom stereocenters. The van der Waals surface area contributed by atoms with Crippen molar-refractivity contribution in [3.05, 3.63) is 33.1 Å². The van der Waals surface area contributed by atoms with Crippen molar-refractivity contribution >= 4 is 23.2 Å². The van der Waals surface area contributed by atoms with Crippen LogP contribution in [0.25, 0.3) is 0 Å². The van der Waals surface area contributed by atoms with Gasteiger partial charge in [-0.3, -0.25) is 14.9 Å². The molecule has 1 aromatic heterocycles. The summed E-state index contributed by atoms with van der Waals surface area (Å²) in [4.78, 5) is 28.1. The molecule has 7 heteroatoms. The summed E-state index contributed by atoms with van der Waals surface area (Å²) in [5.74, 6) is 0.393. The Morgan fingerprint density at radius 2 is 2.19 bits per heavy atom. The molecule has 1 amide bonds. The zero-order valence-corrected chi connectivity index (χ0v) is 12.7. The lowest BCUT2D eigenvalue weighted by Gasteiger charge is -2.32. The second-order valence-electron chi connectivity index (χ2n) is 5.31. The van der Waals surface area contributed by atoms with E-state index in [2.05, 4.69) is 11.9 Å². The Hall–Kier alpha value is -1.69. The summed E-state index contributed by atoms with van der Waals surface area (Å²) in [6.07, 6.45) is 5.34. The summed E-state index contributed by atoms with van der Waals surface area (Å²) >= 11 is 5.91. The van der Waals surface area contributed by atoms with Crippen LogP contribution in [0.1, 0.15) is 43.0 Å². The monoisotopic (exact) mass is 311 g/mol. The second-order valence-corrected chi connectivity index (χ2v) is 5.67. The van der Waals surface area contributed by atoms with Gasteiger partial charge < -0.3 is 4.90 Å². The molecule has 1 fully saturated rings. The molecular formula is C14H18ClN3O3. The first-order valence-electron chi connectivity index (χ1n) is 7.12. The second kappa shape index (κ2) is 6.85. The number of pyridine rings is 1. The van der Waals surface area contributed by atoms with Gasteiger partial charge in [0.15, 0.2) is 0 Å². The Morgan fingerprint density at radius 1 is 1.52 bits per heavy atom. The molecule has 1 aromatic rings. The summed E-state index contributed by atoms with van der Waals surface area (Å²) < 4.78 is 0. The number of hydrogen-bond acceptors (Lipinski definition) is 4. The van der Waals surface area contributed by atoms with Gasteiger partial charge in [-0.05, 0) is 18.8 Å². The Morgan fingerprint density at radius 3 is 2.76 bits per heavy atom. The standard InChI is InChI=1S/C14H18ClN3O3/c1-2-3-10-4-6-17(7-5-10)14(19)12-8-11(18(20)21)9-16-13(12)15/h8-10H,2-7H2,1H3. The smallest absolute Gasteiger partial charge is 0.288 e. The zero-order chi connectivity index (χ0) is 15.4. The van der Waals surface area contributed by atoms with Crippen LogP contribution in [-0.2, 0) is 0 Å². The minimum atomic E-state index is -0.576. The van der Waals surface area contributed by atoms with E-state index in [-0.39, 0.29) is 22.3 Å². The highest BCUT2D eigenvalue weighted by Gasteiger charge is 2.26. The highest BCUT2D eigenvalue weighted by molar-refractivity contribution is 6.32. The van der Waals surface area contributed by atoms with Crippen molar-refractivity contribution in [2.24, 2.45) is 5.92 Å². The van der Waals surface area contributed by atoms with Crippen LogP contribution in [0.2, 0.25) is 5.15 Å². The third-order valence-electron chi connectivity index (χ3n) is 3.86. The minimum Gasteiger partial charge on any atom is -0.339 e. The van der Waals surface area contributed by atoms with Crippen LogP contribution < -0.4 is 0 Å². The molecule has 0 saturated carbocycles. The summed E-state index contributed by atoms with van der Waals surface area (Å²) in [7, 11) is 0. The molecule has 0 spiro atoms. The predicted molar refractivity (Wildman–Crippen MR) is 79.4 cm³/mol. The topological polar surface area (TPSA) is 76.3 Å². The Balaban J connectivity index is 2.10. The third-order valence-corrected chi connectivity index (χ3v) is 4.17. The molecule has 1 aliphatic rings. The lowest BCUT2D eigenvalue weighted by molar-refractivity contribution is -0.385. The summed E-state index contributed by atoms with van der Waals surface area (Å²) in [5.41, 5.74) is -0.108. The highest BCUT2D eigenvalue weighted by Crippen LogP contribution is 2.25. The molecule has 114 valence electrons. The van der Waals surface area contributed by atoms with Crippen molar-refractivity contribution < 1.29 is 9.72 Å². The minimum absolute atomic E-state index is 0.0151. The molecule has 1 aliphatic heterocycles. The van der Waals surface area contributed by atoms with Crippen LogP contribution >= 0.6 is 11.6 Å². The van der Waals surface area contributed by atoms with Crippen LogP contribution in [0.4, 0.5) is 5.69 Å². The fourth-order valence-electron chi connectivity index (χ4n) is 2.69. The number of rotatable bonds is 4. The SMILES string of the molecule is CCCC1CCN(C(=O)c2cc([N+](=O)[O-])cnc2Cl)CC1. The van der Waals surface area contributed by atoms with Crippen LogP contribution in [0.3, 0.4) is 0 Å².